The Bertz CT molecular complexity index is 959. The van der Waals surface area contributed by atoms with Crippen LogP contribution in [0.25, 0.3) is 0 Å². The number of anilines is 1. The van der Waals surface area contributed by atoms with Crippen LogP contribution in [0.2, 0.25) is 0 Å². The fourth-order valence-corrected chi connectivity index (χ4v) is 5.32. The zero-order chi connectivity index (χ0) is 24.4. The number of nitrogens with one attached hydrogen (secondary N) is 1. The Balaban J connectivity index is 1.18. The summed E-state index contributed by atoms with van der Waals surface area (Å²) < 4.78 is 10.2. The first kappa shape index (κ1) is 23.9. The number of likely N-dealkylation sites (tertiary alicyclic amines) is 1. The average Bonchev–Trinajstić information content (AvgIpc) is 3.49. The van der Waals surface area contributed by atoms with E-state index in [9.17, 15) is 24.0 Å². The van der Waals surface area contributed by atoms with Crippen molar-refractivity contribution >= 4 is 35.3 Å². The first-order chi connectivity index (χ1) is 16.2. The molecule has 0 spiro atoms. The molecule has 1 heterocycles. The first-order valence-electron chi connectivity index (χ1n) is 11.8. The van der Waals surface area contributed by atoms with Crippen LogP contribution in [-0.2, 0) is 28.7 Å². The summed E-state index contributed by atoms with van der Waals surface area (Å²) in [6.07, 6.45) is 2.82. The van der Waals surface area contributed by atoms with Gasteiger partial charge in [-0.3, -0.25) is 24.1 Å². The number of esters is 2. The lowest BCUT2D eigenvalue weighted by molar-refractivity contribution is -0.149. The van der Waals surface area contributed by atoms with Crippen LogP contribution < -0.4 is 5.32 Å². The van der Waals surface area contributed by atoms with E-state index in [0.29, 0.717) is 29.7 Å². The lowest BCUT2D eigenvalue weighted by atomic mass is 9.81. The third kappa shape index (κ3) is 4.98. The first-order valence-corrected chi connectivity index (χ1v) is 11.8. The SMILES string of the molecule is CC(C)COC(=O)c1ccc(NC(=O)COC(=O)CCN2C(=O)[C@H]3[C@H]4CC[C@@H](C4)[C@@H]3C2=O)cc1. The number of hydrogen-bond donors (Lipinski definition) is 1. The Morgan fingerprint density at radius 3 is 2.21 bits per heavy atom. The third-order valence-corrected chi connectivity index (χ3v) is 6.87. The molecule has 1 aromatic rings. The smallest absolute Gasteiger partial charge is 0.338 e. The lowest BCUT2D eigenvalue weighted by Crippen LogP contribution is -2.35. The predicted molar refractivity (Wildman–Crippen MR) is 120 cm³/mol. The quantitative estimate of drug-likeness (QED) is 0.435. The van der Waals surface area contributed by atoms with Crippen LogP contribution in [0.15, 0.2) is 24.3 Å². The number of fused-ring (bicyclic) bond motifs is 5. The number of imide groups is 1. The predicted octanol–water partition coefficient (Wildman–Crippen LogP) is 2.40. The number of carbonyl (C=O) groups excluding carboxylic acids is 5. The fraction of sp³-hybridized carbons (Fsp3) is 0.560. The molecule has 4 rings (SSSR count). The van der Waals surface area contributed by atoms with Gasteiger partial charge in [-0.25, -0.2) is 4.79 Å². The summed E-state index contributed by atoms with van der Waals surface area (Å²) in [5, 5.41) is 2.58. The third-order valence-electron chi connectivity index (χ3n) is 6.87. The highest BCUT2D eigenvalue weighted by atomic mass is 16.5. The molecule has 3 amide bonds. The Morgan fingerprint density at radius 2 is 1.62 bits per heavy atom. The topological polar surface area (TPSA) is 119 Å². The molecule has 182 valence electrons. The van der Waals surface area contributed by atoms with Crippen LogP contribution >= 0.6 is 0 Å². The molecule has 1 aliphatic heterocycles. The number of amides is 3. The molecular weight excluding hydrogens is 440 g/mol. The van der Waals surface area contributed by atoms with Crippen LogP contribution in [0.1, 0.15) is 49.9 Å². The van der Waals surface area contributed by atoms with E-state index in [1.807, 2.05) is 13.8 Å². The number of nitrogens with zero attached hydrogens (tertiary/aromatic N) is 1. The van der Waals surface area contributed by atoms with Crippen molar-refractivity contribution < 1.29 is 33.4 Å². The summed E-state index contributed by atoms with van der Waals surface area (Å²) >= 11 is 0. The van der Waals surface area contributed by atoms with Crippen LogP contribution in [0.4, 0.5) is 5.69 Å². The normalized spacial score (nSPS) is 25.0. The summed E-state index contributed by atoms with van der Waals surface area (Å²) in [7, 11) is 0. The number of hydrogen-bond acceptors (Lipinski definition) is 7. The van der Waals surface area contributed by atoms with Crippen LogP contribution in [-0.4, -0.2) is 54.3 Å². The average molecular weight is 471 g/mol. The van der Waals surface area contributed by atoms with Gasteiger partial charge < -0.3 is 14.8 Å². The molecule has 2 bridgehead atoms. The summed E-state index contributed by atoms with van der Waals surface area (Å²) in [6, 6.07) is 6.19. The number of carbonyl (C=O) groups is 5. The highest BCUT2D eigenvalue weighted by Crippen LogP contribution is 2.56. The molecule has 34 heavy (non-hydrogen) atoms. The van der Waals surface area contributed by atoms with Gasteiger partial charge in [0.15, 0.2) is 6.61 Å². The van der Waals surface area contributed by atoms with E-state index < -0.39 is 24.5 Å². The van der Waals surface area contributed by atoms with Gasteiger partial charge in [0.25, 0.3) is 5.91 Å². The van der Waals surface area contributed by atoms with Crippen molar-refractivity contribution in [3.8, 4) is 0 Å². The number of rotatable bonds is 9. The monoisotopic (exact) mass is 470 g/mol. The lowest BCUT2D eigenvalue weighted by Gasteiger charge is -2.19. The maximum atomic E-state index is 12.7. The number of ether oxygens (including phenoxy) is 2. The standard InChI is InChI=1S/C25H30N2O7/c1-14(2)12-34-25(32)15-5-7-18(8-6-15)26-19(28)13-33-20(29)9-10-27-23(30)21-16-3-4-17(11-16)22(21)24(27)31/h5-8,14,16-17,21-22H,3-4,9-13H2,1-2H3,(H,26,28)/t16-,17-,21-,22-/m0/s1. The van der Waals surface area contributed by atoms with E-state index >= 15 is 0 Å². The largest absolute Gasteiger partial charge is 0.462 e. The number of benzene rings is 1. The minimum Gasteiger partial charge on any atom is -0.462 e. The highest BCUT2D eigenvalue weighted by Gasteiger charge is 2.60. The van der Waals surface area contributed by atoms with Crippen molar-refractivity contribution in [2.24, 2.45) is 29.6 Å². The molecule has 2 aliphatic carbocycles. The molecule has 4 atom stereocenters. The molecule has 0 aromatic heterocycles. The minimum absolute atomic E-state index is 0.0150. The molecule has 0 unspecified atom stereocenters. The Hall–Kier alpha value is -3.23. The second kappa shape index (κ2) is 9.95. The van der Waals surface area contributed by atoms with Crippen molar-refractivity contribution in [3.05, 3.63) is 29.8 Å². The Labute approximate surface area is 198 Å². The van der Waals surface area contributed by atoms with E-state index in [1.165, 1.54) is 17.0 Å². The van der Waals surface area contributed by atoms with Gasteiger partial charge in [0.1, 0.15) is 0 Å². The maximum absolute atomic E-state index is 12.7. The Morgan fingerprint density at radius 1 is 1.00 bits per heavy atom. The van der Waals surface area contributed by atoms with Crippen molar-refractivity contribution in [2.75, 3.05) is 25.1 Å². The van der Waals surface area contributed by atoms with E-state index in [1.54, 1.807) is 12.1 Å². The summed E-state index contributed by atoms with van der Waals surface area (Å²) in [5.74, 6) is -1.55. The maximum Gasteiger partial charge on any atom is 0.338 e. The van der Waals surface area contributed by atoms with Gasteiger partial charge in [-0.15, -0.1) is 0 Å². The second-order valence-electron chi connectivity index (χ2n) is 9.74. The van der Waals surface area contributed by atoms with Gasteiger partial charge in [-0.05, 0) is 61.3 Å². The van der Waals surface area contributed by atoms with Crippen molar-refractivity contribution in [2.45, 2.75) is 39.5 Å². The fourth-order valence-electron chi connectivity index (χ4n) is 5.32. The van der Waals surface area contributed by atoms with Crippen molar-refractivity contribution in [3.63, 3.8) is 0 Å². The van der Waals surface area contributed by atoms with Crippen molar-refractivity contribution in [1.29, 1.82) is 0 Å². The van der Waals surface area contributed by atoms with E-state index in [0.717, 1.165) is 19.3 Å². The summed E-state index contributed by atoms with van der Waals surface area (Å²) in [5.41, 5.74) is 0.809. The van der Waals surface area contributed by atoms with Crippen molar-refractivity contribution in [1.82, 2.24) is 4.90 Å². The van der Waals surface area contributed by atoms with Crippen LogP contribution in [0.5, 0.6) is 0 Å². The van der Waals surface area contributed by atoms with E-state index in [4.69, 9.17) is 9.47 Å². The Kier molecular flexibility index (Phi) is 7.00. The molecule has 3 aliphatic rings. The molecule has 3 fully saturated rings. The highest BCUT2D eigenvalue weighted by molar-refractivity contribution is 6.06. The zero-order valence-electron chi connectivity index (χ0n) is 19.5. The molecule has 9 heteroatoms. The van der Waals surface area contributed by atoms with E-state index in [2.05, 4.69) is 5.32 Å². The van der Waals surface area contributed by atoms with Crippen LogP contribution in [0.3, 0.4) is 0 Å². The summed E-state index contributed by atoms with van der Waals surface area (Å²) in [4.78, 5) is 62.6. The molecule has 1 N–H and O–H groups in total. The molecule has 0 radical (unpaired) electrons. The van der Waals surface area contributed by atoms with Gasteiger partial charge in [-0.1, -0.05) is 13.8 Å². The zero-order valence-corrected chi connectivity index (χ0v) is 19.5. The minimum atomic E-state index is -0.654. The summed E-state index contributed by atoms with van der Waals surface area (Å²) in [6.45, 7) is 3.70. The molecular formula is C25H30N2O7. The van der Waals surface area contributed by atoms with Gasteiger partial charge in [-0.2, -0.15) is 0 Å². The van der Waals surface area contributed by atoms with E-state index in [-0.39, 0.29) is 42.5 Å². The van der Waals surface area contributed by atoms with Crippen LogP contribution in [0, 0.1) is 29.6 Å². The second-order valence-corrected chi connectivity index (χ2v) is 9.74. The molecule has 2 saturated carbocycles. The molecule has 9 nitrogen and oxygen atoms in total. The van der Waals surface area contributed by atoms with Gasteiger partial charge in [0.05, 0.1) is 30.4 Å². The molecule has 1 saturated heterocycles. The van der Waals surface area contributed by atoms with Gasteiger partial charge in [0.2, 0.25) is 11.8 Å². The molecule has 1 aromatic carbocycles. The van der Waals surface area contributed by atoms with Gasteiger partial charge >= 0.3 is 11.9 Å². The van der Waals surface area contributed by atoms with Gasteiger partial charge in [0, 0.05) is 12.2 Å².